The molecule has 0 aliphatic rings. The molecule has 0 radical (unpaired) electrons. The van der Waals surface area contributed by atoms with Gasteiger partial charge in [-0.05, 0) is 49.6 Å². The third-order valence-corrected chi connectivity index (χ3v) is 2.70. The largest absolute Gasteiger partial charge is 0.396 e. The van der Waals surface area contributed by atoms with Gasteiger partial charge in [-0.15, -0.1) is 0 Å². The van der Waals surface area contributed by atoms with Crippen LogP contribution in [0.2, 0.25) is 0 Å². The second-order valence-corrected chi connectivity index (χ2v) is 4.39. The van der Waals surface area contributed by atoms with E-state index in [-0.39, 0.29) is 0 Å². The first-order chi connectivity index (χ1) is 8.06. The lowest BCUT2D eigenvalue weighted by Crippen LogP contribution is -2.01. The average molecular weight is 227 g/mol. The van der Waals surface area contributed by atoms with Crippen LogP contribution in [0.1, 0.15) is 16.7 Å². The Bertz CT molecular complexity index is 547. The summed E-state index contributed by atoms with van der Waals surface area (Å²) in [6, 6.07) is 8.19. The van der Waals surface area contributed by atoms with Crippen LogP contribution in [0.5, 0.6) is 0 Å². The van der Waals surface area contributed by atoms with E-state index in [4.69, 9.17) is 5.73 Å². The fourth-order valence-corrected chi connectivity index (χ4v) is 1.69. The number of benzene rings is 1. The van der Waals surface area contributed by atoms with Crippen LogP contribution in [0, 0.1) is 20.8 Å². The first-order valence-corrected chi connectivity index (χ1v) is 5.62. The van der Waals surface area contributed by atoms with Gasteiger partial charge in [0.25, 0.3) is 0 Å². The molecule has 17 heavy (non-hydrogen) atoms. The standard InChI is InChI=1S/C14H17N3/c1-9-4-5-11(3)13(7-9)17-14-12(15)6-10(2)8-16-14/h4-8H,15H2,1-3H3,(H,16,17). The zero-order valence-electron chi connectivity index (χ0n) is 10.4. The van der Waals surface area contributed by atoms with E-state index in [9.17, 15) is 0 Å². The number of pyridine rings is 1. The SMILES string of the molecule is Cc1cnc(Nc2cc(C)ccc2C)c(N)c1. The molecule has 0 bridgehead atoms. The minimum atomic E-state index is 0.672. The molecule has 0 aliphatic heterocycles. The third-order valence-electron chi connectivity index (χ3n) is 2.70. The molecule has 0 unspecified atom stereocenters. The predicted molar refractivity (Wildman–Crippen MR) is 72.6 cm³/mol. The van der Waals surface area contributed by atoms with E-state index in [2.05, 4.69) is 42.3 Å². The molecule has 0 fully saturated rings. The van der Waals surface area contributed by atoms with Crippen molar-refractivity contribution in [3.05, 3.63) is 47.2 Å². The Morgan fingerprint density at radius 3 is 2.53 bits per heavy atom. The van der Waals surface area contributed by atoms with Crippen molar-refractivity contribution in [3.63, 3.8) is 0 Å². The summed E-state index contributed by atoms with van der Waals surface area (Å²) in [6.45, 7) is 6.10. The lowest BCUT2D eigenvalue weighted by atomic mass is 10.1. The normalized spacial score (nSPS) is 10.3. The summed E-state index contributed by atoms with van der Waals surface area (Å²) in [5.41, 5.74) is 11.1. The summed E-state index contributed by atoms with van der Waals surface area (Å²) in [4.78, 5) is 4.31. The zero-order valence-corrected chi connectivity index (χ0v) is 10.4. The molecular weight excluding hydrogens is 210 g/mol. The van der Waals surface area contributed by atoms with Crippen molar-refractivity contribution >= 4 is 17.2 Å². The third kappa shape index (κ3) is 2.56. The molecule has 2 rings (SSSR count). The van der Waals surface area contributed by atoms with Crippen LogP contribution in [-0.2, 0) is 0 Å². The van der Waals surface area contributed by atoms with Crippen LogP contribution >= 0.6 is 0 Å². The highest BCUT2D eigenvalue weighted by Crippen LogP contribution is 2.24. The van der Waals surface area contributed by atoms with Crippen molar-refractivity contribution in [1.29, 1.82) is 0 Å². The molecule has 1 heterocycles. The van der Waals surface area contributed by atoms with Gasteiger partial charge in [0.15, 0.2) is 5.82 Å². The van der Waals surface area contributed by atoms with E-state index >= 15 is 0 Å². The van der Waals surface area contributed by atoms with E-state index in [1.54, 1.807) is 0 Å². The summed E-state index contributed by atoms with van der Waals surface area (Å²) >= 11 is 0. The summed E-state index contributed by atoms with van der Waals surface area (Å²) in [5.74, 6) is 0.712. The predicted octanol–water partition coefficient (Wildman–Crippen LogP) is 3.33. The van der Waals surface area contributed by atoms with Crippen LogP contribution in [0.3, 0.4) is 0 Å². The van der Waals surface area contributed by atoms with Crippen LogP contribution < -0.4 is 11.1 Å². The van der Waals surface area contributed by atoms with Crippen molar-refractivity contribution in [2.75, 3.05) is 11.1 Å². The molecule has 3 nitrogen and oxygen atoms in total. The van der Waals surface area contributed by atoms with Gasteiger partial charge in [0.1, 0.15) is 0 Å². The first kappa shape index (κ1) is 11.5. The minimum absolute atomic E-state index is 0.672. The molecule has 0 aliphatic carbocycles. The Morgan fingerprint density at radius 2 is 1.82 bits per heavy atom. The van der Waals surface area contributed by atoms with Gasteiger partial charge in [0.2, 0.25) is 0 Å². The molecule has 0 saturated heterocycles. The Kier molecular flexibility index (Phi) is 3.00. The van der Waals surface area contributed by atoms with Crippen molar-refractivity contribution < 1.29 is 0 Å². The van der Waals surface area contributed by atoms with E-state index in [0.717, 1.165) is 11.3 Å². The molecule has 0 spiro atoms. The monoisotopic (exact) mass is 227 g/mol. The van der Waals surface area contributed by atoms with Crippen molar-refractivity contribution in [3.8, 4) is 0 Å². The highest BCUT2D eigenvalue weighted by atomic mass is 15.0. The zero-order chi connectivity index (χ0) is 12.4. The van der Waals surface area contributed by atoms with E-state index in [1.807, 2.05) is 19.2 Å². The molecule has 0 saturated carbocycles. The van der Waals surface area contributed by atoms with Crippen LogP contribution in [-0.4, -0.2) is 4.98 Å². The summed E-state index contributed by atoms with van der Waals surface area (Å²) in [7, 11) is 0. The van der Waals surface area contributed by atoms with Crippen molar-refractivity contribution in [2.45, 2.75) is 20.8 Å². The van der Waals surface area contributed by atoms with Gasteiger partial charge in [-0.1, -0.05) is 12.1 Å². The quantitative estimate of drug-likeness (QED) is 0.827. The number of anilines is 3. The highest BCUT2D eigenvalue weighted by Gasteiger charge is 2.04. The molecule has 1 aromatic heterocycles. The van der Waals surface area contributed by atoms with E-state index in [1.165, 1.54) is 11.1 Å². The van der Waals surface area contributed by atoms with E-state index < -0.39 is 0 Å². The number of nitrogen functional groups attached to an aromatic ring is 1. The second kappa shape index (κ2) is 4.45. The maximum Gasteiger partial charge on any atom is 0.153 e. The van der Waals surface area contributed by atoms with Crippen LogP contribution in [0.15, 0.2) is 30.5 Å². The fraction of sp³-hybridized carbons (Fsp3) is 0.214. The minimum Gasteiger partial charge on any atom is -0.396 e. The number of aryl methyl sites for hydroxylation is 3. The smallest absolute Gasteiger partial charge is 0.153 e. The maximum absolute atomic E-state index is 5.93. The number of aromatic nitrogens is 1. The van der Waals surface area contributed by atoms with E-state index in [0.29, 0.717) is 11.5 Å². The number of hydrogen-bond acceptors (Lipinski definition) is 3. The summed E-state index contributed by atoms with van der Waals surface area (Å²) < 4.78 is 0. The lowest BCUT2D eigenvalue weighted by molar-refractivity contribution is 1.25. The summed E-state index contributed by atoms with van der Waals surface area (Å²) in [5, 5.41) is 3.27. The fourth-order valence-electron chi connectivity index (χ4n) is 1.69. The van der Waals surface area contributed by atoms with Crippen LogP contribution in [0.25, 0.3) is 0 Å². The van der Waals surface area contributed by atoms with Gasteiger partial charge in [0, 0.05) is 11.9 Å². The number of nitrogens with zero attached hydrogens (tertiary/aromatic N) is 1. The molecule has 3 heteroatoms. The van der Waals surface area contributed by atoms with Gasteiger partial charge in [-0.2, -0.15) is 0 Å². The Hall–Kier alpha value is -2.03. The van der Waals surface area contributed by atoms with Crippen molar-refractivity contribution in [1.82, 2.24) is 4.98 Å². The first-order valence-electron chi connectivity index (χ1n) is 5.62. The molecule has 1 aromatic carbocycles. The van der Waals surface area contributed by atoms with Crippen molar-refractivity contribution in [2.24, 2.45) is 0 Å². The molecule has 0 atom stereocenters. The Labute approximate surface area is 102 Å². The maximum atomic E-state index is 5.93. The molecule has 0 amide bonds. The topological polar surface area (TPSA) is 50.9 Å². The second-order valence-electron chi connectivity index (χ2n) is 4.39. The Morgan fingerprint density at radius 1 is 1.06 bits per heavy atom. The molecule has 88 valence electrons. The highest BCUT2D eigenvalue weighted by molar-refractivity contribution is 5.70. The van der Waals surface area contributed by atoms with Crippen LogP contribution in [0.4, 0.5) is 17.2 Å². The van der Waals surface area contributed by atoms with Gasteiger partial charge in [-0.3, -0.25) is 0 Å². The molecule has 3 N–H and O–H groups in total. The number of nitrogens with two attached hydrogens (primary N) is 1. The average Bonchev–Trinajstić information content (AvgIpc) is 2.27. The van der Waals surface area contributed by atoms with Gasteiger partial charge in [0.05, 0.1) is 5.69 Å². The Balaban J connectivity index is 2.34. The number of hydrogen-bond donors (Lipinski definition) is 2. The lowest BCUT2D eigenvalue weighted by Gasteiger charge is -2.11. The molecular formula is C14H17N3. The van der Waals surface area contributed by atoms with Gasteiger partial charge < -0.3 is 11.1 Å². The number of rotatable bonds is 2. The van der Waals surface area contributed by atoms with Gasteiger partial charge in [-0.25, -0.2) is 4.98 Å². The molecule has 2 aromatic rings. The number of nitrogens with one attached hydrogen (secondary N) is 1. The van der Waals surface area contributed by atoms with Gasteiger partial charge >= 0.3 is 0 Å². The summed E-state index contributed by atoms with van der Waals surface area (Å²) in [6.07, 6.45) is 1.81.